The predicted molar refractivity (Wildman–Crippen MR) is 90.9 cm³/mol. The van der Waals surface area contributed by atoms with Crippen LogP contribution in [0.15, 0.2) is 35.5 Å². The Balaban J connectivity index is 1.83. The molecule has 1 saturated heterocycles. The highest BCUT2D eigenvalue weighted by atomic mass is 32.2. The van der Waals surface area contributed by atoms with Gasteiger partial charge in [0.05, 0.1) is 11.7 Å². The molecule has 23 heavy (non-hydrogen) atoms. The van der Waals surface area contributed by atoms with Gasteiger partial charge in [0, 0.05) is 24.4 Å². The highest BCUT2D eigenvalue weighted by molar-refractivity contribution is 7.98. The quantitative estimate of drug-likeness (QED) is 0.838. The number of amides is 1. The molecule has 0 spiro atoms. The third-order valence-electron chi connectivity index (χ3n) is 4.16. The summed E-state index contributed by atoms with van der Waals surface area (Å²) >= 11 is 1.71. The van der Waals surface area contributed by atoms with Gasteiger partial charge in [-0.1, -0.05) is 6.92 Å². The molecule has 1 fully saturated rings. The standard InChI is InChI=1S/C16H21N5OS/c1-3-20-9-8-17-16(22)14(20)10-15-18-11-19-21(15)12-4-6-13(23-2)7-5-12/h4-7,11,14H,3,8-10H2,1-2H3,(H,17,22). The molecule has 1 atom stereocenters. The van der Waals surface area contributed by atoms with E-state index >= 15 is 0 Å². The topological polar surface area (TPSA) is 63.1 Å². The van der Waals surface area contributed by atoms with Crippen molar-refractivity contribution in [2.45, 2.75) is 24.3 Å². The van der Waals surface area contributed by atoms with Crippen LogP contribution in [-0.4, -0.2) is 57.5 Å². The number of nitrogens with one attached hydrogen (secondary N) is 1. The van der Waals surface area contributed by atoms with E-state index in [1.54, 1.807) is 18.1 Å². The van der Waals surface area contributed by atoms with E-state index in [0.29, 0.717) is 13.0 Å². The lowest BCUT2D eigenvalue weighted by Gasteiger charge is -2.33. The van der Waals surface area contributed by atoms with E-state index in [1.165, 1.54) is 4.90 Å². The fraction of sp³-hybridized carbons (Fsp3) is 0.438. The zero-order valence-electron chi connectivity index (χ0n) is 13.4. The molecule has 122 valence electrons. The van der Waals surface area contributed by atoms with Gasteiger partial charge in [0.2, 0.25) is 5.91 Å². The average Bonchev–Trinajstić information content (AvgIpc) is 3.05. The lowest BCUT2D eigenvalue weighted by atomic mass is 10.1. The Labute approximate surface area is 140 Å². The maximum Gasteiger partial charge on any atom is 0.237 e. The van der Waals surface area contributed by atoms with Gasteiger partial charge in [0.1, 0.15) is 12.2 Å². The van der Waals surface area contributed by atoms with E-state index in [0.717, 1.165) is 24.6 Å². The molecule has 1 aliphatic heterocycles. The normalized spacial score (nSPS) is 18.9. The SMILES string of the molecule is CCN1CCNC(=O)C1Cc1ncnn1-c1ccc(SC)cc1. The van der Waals surface area contributed by atoms with Crippen molar-refractivity contribution in [2.75, 3.05) is 25.9 Å². The summed E-state index contributed by atoms with van der Waals surface area (Å²) in [5, 5.41) is 7.27. The second-order valence-corrected chi connectivity index (χ2v) is 6.31. The van der Waals surface area contributed by atoms with Gasteiger partial charge >= 0.3 is 0 Å². The number of thioether (sulfide) groups is 1. The molecule has 1 N–H and O–H groups in total. The van der Waals surface area contributed by atoms with E-state index in [-0.39, 0.29) is 11.9 Å². The lowest BCUT2D eigenvalue weighted by molar-refractivity contribution is -0.128. The van der Waals surface area contributed by atoms with Gasteiger partial charge < -0.3 is 5.32 Å². The van der Waals surface area contributed by atoms with Crippen molar-refractivity contribution in [3.8, 4) is 5.69 Å². The summed E-state index contributed by atoms with van der Waals surface area (Å²) in [7, 11) is 0. The summed E-state index contributed by atoms with van der Waals surface area (Å²) in [6, 6.07) is 8.02. The summed E-state index contributed by atoms with van der Waals surface area (Å²) in [6.07, 6.45) is 4.16. The van der Waals surface area contributed by atoms with Gasteiger partial charge in [-0.15, -0.1) is 11.8 Å². The lowest BCUT2D eigenvalue weighted by Crippen LogP contribution is -2.56. The Morgan fingerprint density at radius 1 is 1.35 bits per heavy atom. The van der Waals surface area contributed by atoms with E-state index in [4.69, 9.17) is 0 Å². The number of hydrogen-bond acceptors (Lipinski definition) is 5. The molecule has 3 rings (SSSR count). The van der Waals surface area contributed by atoms with Crippen LogP contribution in [-0.2, 0) is 11.2 Å². The molecule has 0 aliphatic carbocycles. The number of piperazine rings is 1. The van der Waals surface area contributed by atoms with Crippen LogP contribution in [0.1, 0.15) is 12.7 Å². The van der Waals surface area contributed by atoms with Crippen molar-refractivity contribution in [3.63, 3.8) is 0 Å². The summed E-state index contributed by atoms with van der Waals surface area (Å²) in [5.41, 5.74) is 0.967. The van der Waals surface area contributed by atoms with Crippen LogP contribution >= 0.6 is 11.8 Å². The summed E-state index contributed by atoms with van der Waals surface area (Å²) in [6.45, 7) is 4.53. The number of hydrogen-bond donors (Lipinski definition) is 1. The first-order valence-corrected chi connectivity index (χ1v) is 9.00. The molecule has 1 aromatic carbocycles. The Hall–Kier alpha value is -1.86. The molecule has 2 heterocycles. The molecule has 0 radical (unpaired) electrons. The van der Waals surface area contributed by atoms with Crippen LogP contribution in [0.5, 0.6) is 0 Å². The van der Waals surface area contributed by atoms with Crippen LogP contribution in [0.3, 0.4) is 0 Å². The van der Waals surface area contributed by atoms with Gasteiger partial charge in [-0.25, -0.2) is 9.67 Å². The summed E-state index contributed by atoms with van der Waals surface area (Å²) < 4.78 is 1.82. The number of rotatable bonds is 5. The molecule has 1 aliphatic rings. The largest absolute Gasteiger partial charge is 0.353 e. The average molecular weight is 331 g/mol. The Morgan fingerprint density at radius 2 is 2.13 bits per heavy atom. The summed E-state index contributed by atoms with van der Waals surface area (Å²) in [5.74, 6) is 0.882. The number of aromatic nitrogens is 3. The van der Waals surface area contributed by atoms with Crippen molar-refractivity contribution in [2.24, 2.45) is 0 Å². The molecular weight excluding hydrogens is 310 g/mol. The van der Waals surface area contributed by atoms with Gasteiger partial charge in [-0.2, -0.15) is 5.10 Å². The van der Waals surface area contributed by atoms with Crippen LogP contribution in [0.2, 0.25) is 0 Å². The van der Waals surface area contributed by atoms with Gasteiger partial charge in [-0.3, -0.25) is 9.69 Å². The second kappa shape index (κ2) is 7.14. The zero-order chi connectivity index (χ0) is 16.2. The van der Waals surface area contributed by atoms with E-state index in [1.807, 2.05) is 16.8 Å². The summed E-state index contributed by atoms with van der Waals surface area (Å²) in [4.78, 5) is 20.0. The minimum Gasteiger partial charge on any atom is -0.353 e. The molecule has 6 nitrogen and oxygen atoms in total. The van der Waals surface area contributed by atoms with E-state index in [9.17, 15) is 4.79 Å². The maximum absolute atomic E-state index is 12.2. The first-order chi connectivity index (χ1) is 11.2. The number of benzene rings is 1. The molecule has 2 aromatic rings. The fourth-order valence-corrected chi connectivity index (χ4v) is 3.29. The van der Waals surface area contributed by atoms with Crippen molar-refractivity contribution < 1.29 is 4.79 Å². The van der Waals surface area contributed by atoms with E-state index in [2.05, 4.69) is 45.6 Å². The highest BCUT2D eigenvalue weighted by Gasteiger charge is 2.30. The zero-order valence-corrected chi connectivity index (χ0v) is 14.2. The minimum absolute atomic E-state index is 0.0744. The molecule has 0 saturated carbocycles. The fourth-order valence-electron chi connectivity index (χ4n) is 2.88. The predicted octanol–water partition coefficient (Wildman–Crippen LogP) is 1.35. The van der Waals surface area contributed by atoms with Crippen LogP contribution in [0.25, 0.3) is 5.69 Å². The van der Waals surface area contributed by atoms with E-state index < -0.39 is 0 Å². The first kappa shape index (κ1) is 16.0. The minimum atomic E-state index is -0.179. The monoisotopic (exact) mass is 331 g/mol. The van der Waals surface area contributed by atoms with Crippen LogP contribution in [0.4, 0.5) is 0 Å². The van der Waals surface area contributed by atoms with Gasteiger partial charge in [-0.05, 0) is 37.1 Å². The van der Waals surface area contributed by atoms with Crippen molar-refractivity contribution >= 4 is 17.7 Å². The number of likely N-dealkylation sites (N-methyl/N-ethyl adjacent to an activating group) is 1. The Morgan fingerprint density at radius 3 is 2.83 bits per heavy atom. The number of nitrogens with zero attached hydrogens (tertiary/aromatic N) is 4. The van der Waals surface area contributed by atoms with Crippen LogP contribution in [0, 0.1) is 0 Å². The molecule has 1 amide bonds. The number of carbonyl (C=O) groups is 1. The third kappa shape index (κ3) is 3.40. The molecule has 1 unspecified atom stereocenters. The van der Waals surface area contributed by atoms with Gasteiger partial charge in [0.15, 0.2) is 0 Å². The van der Waals surface area contributed by atoms with Crippen LogP contribution < -0.4 is 5.32 Å². The van der Waals surface area contributed by atoms with Crippen molar-refractivity contribution in [3.05, 3.63) is 36.4 Å². The van der Waals surface area contributed by atoms with Crippen molar-refractivity contribution in [1.82, 2.24) is 25.0 Å². The third-order valence-corrected chi connectivity index (χ3v) is 4.90. The van der Waals surface area contributed by atoms with Gasteiger partial charge in [0.25, 0.3) is 0 Å². The Kier molecular flexibility index (Phi) is 4.97. The molecule has 0 bridgehead atoms. The maximum atomic E-state index is 12.2. The smallest absolute Gasteiger partial charge is 0.237 e. The molecule has 7 heteroatoms. The Bertz CT molecular complexity index is 669. The second-order valence-electron chi connectivity index (χ2n) is 5.43. The highest BCUT2D eigenvalue weighted by Crippen LogP contribution is 2.18. The van der Waals surface area contributed by atoms with Crippen molar-refractivity contribution in [1.29, 1.82) is 0 Å². The first-order valence-electron chi connectivity index (χ1n) is 7.78. The molecular formula is C16H21N5OS. The number of carbonyl (C=O) groups excluding carboxylic acids is 1. The molecule has 1 aromatic heterocycles.